The topological polar surface area (TPSA) is 94.1 Å². The van der Waals surface area contributed by atoms with Crippen LogP contribution in [0.2, 0.25) is 0 Å². The monoisotopic (exact) mass is 874 g/mol. The van der Waals surface area contributed by atoms with Gasteiger partial charge in [-0.2, -0.15) is 0 Å². The first-order valence-corrected chi connectivity index (χ1v) is 27.7. The molecule has 360 valence electrons. The number of unbranched alkanes of at least 4 members (excludes halogenated alkanes) is 36. The Hall–Kier alpha value is -0.500. The number of hydrogen-bond acceptors (Lipinski definition) is 7. The fourth-order valence-electron chi connectivity index (χ4n) is 7.84. The van der Waals surface area contributed by atoms with Gasteiger partial charge in [0, 0.05) is 13.0 Å². The van der Waals surface area contributed by atoms with Gasteiger partial charge in [-0.05, 0) is 12.8 Å². The van der Waals surface area contributed by atoms with Gasteiger partial charge in [0.2, 0.25) is 0 Å². The average molecular weight is 874 g/mol. The normalized spacial score (nSPS) is 13.5. The molecule has 0 saturated carbocycles. The van der Waals surface area contributed by atoms with Crippen molar-refractivity contribution in [2.75, 3.05) is 54.1 Å². The molecule has 2 atom stereocenters. The molecule has 0 rings (SSSR count). The summed E-state index contributed by atoms with van der Waals surface area (Å²) in [6.45, 7) is 5.50. The molecule has 0 spiro atoms. The summed E-state index contributed by atoms with van der Waals surface area (Å²) in [7, 11) is 1.38. The molecule has 8 nitrogen and oxygen atoms in total. The number of phosphoric ester groups is 1. The van der Waals surface area contributed by atoms with Gasteiger partial charge in [0.25, 0.3) is 7.82 Å². The van der Waals surface area contributed by atoms with Gasteiger partial charge in [-0.3, -0.25) is 9.36 Å². The minimum absolute atomic E-state index is 0.0318. The van der Waals surface area contributed by atoms with Crippen molar-refractivity contribution < 1.29 is 37.3 Å². The third kappa shape index (κ3) is 48.5. The quantitative estimate of drug-likeness (QED) is 0.0260. The zero-order valence-corrected chi connectivity index (χ0v) is 41.8. The molecular formula is C51H104NO7P. The highest BCUT2D eigenvalue weighted by atomic mass is 31.2. The van der Waals surface area contributed by atoms with Crippen molar-refractivity contribution in [2.24, 2.45) is 0 Å². The number of ether oxygens (including phenoxy) is 2. The summed E-state index contributed by atoms with van der Waals surface area (Å²) in [5, 5.41) is 0. The van der Waals surface area contributed by atoms with Crippen LogP contribution in [0.25, 0.3) is 0 Å². The fourth-order valence-corrected chi connectivity index (χ4v) is 8.57. The summed E-state index contributed by atoms with van der Waals surface area (Å²) in [6.07, 6.45) is 49.8. The van der Waals surface area contributed by atoms with Gasteiger partial charge in [-0.25, -0.2) is 0 Å². The Balaban J connectivity index is 4.06. The van der Waals surface area contributed by atoms with E-state index < -0.39 is 13.9 Å². The standard InChI is InChI=1S/C51H104NO7P/c1-6-8-10-12-14-16-18-20-22-24-25-26-27-29-31-33-35-37-39-41-43-46-56-48-50(49-58-60(54,55)57-47-45-52(3,4)5)59-51(53)44-42-40-38-36-34-32-30-28-23-21-19-17-15-13-11-9-7-2/h50H,6-49H2,1-5H3. The SMILES string of the molecule is CCCCCCCCCCCCCCCCCCCCCCCOCC(COP(=O)([O-])OCC[N+](C)(C)C)OC(=O)CCCCCCCCCCCCCCCCCCC. The first kappa shape index (κ1) is 59.5. The summed E-state index contributed by atoms with van der Waals surface area (Å²) in [5.74, 6) is -0.325. The first-order chi connectivity index (χ1) is 29.1. The second-order valence-corrected chi connectivity index (χ2v) is 20.7. The van der Waals surface area contributed by atoms with Crippen LogP contribution < -0.4 is 4.89 Å². The predicted molar refractivity (Wildman–Crippen MR) is 255 cm³/mol. The van der Waals surface area contributed by atoms with Gasteiger partial charge in [-0.1, -0.05) is 245 Å². The van der Waals surface area contributed by atoms with Gasteiger partial charge in [0.05, 0.1) is 34.4 Å². The molecular weight excluding hydrogens is 770 g/mol. The Kier molecular flexibility index (Phi) is 44.7. The Bertz CT molecular complexity index is 930. The number of carbonyl (C=O) groups is 1. The minimum atomic E-state index is -4.52. The van der Waals surface area contributed by atoms with E-state index in [1.54, 1.807) is 0 Å². The second-order valence-electron chi connectivity index (χ2n) is 19.3. The van der Waals surface area contributed by atoms with E-state index in [-0.39, 0.29) is 25.8 Å². The van der Waals surface area contributed by atoms with E-state index in [2.05, 4.69) is 13.8 Å². The van der Waals surface area contributed by atoms with Crippen LogP contribution in [0.15, 0.2) is 0 Å². The lowest BCUT2D eigenvalue weighted by Gasteiger charge is -2.28. The van der Waals surface area contributed by atoms with Gasteiger partial charge in [0.1, 0.15) is 19.3 Å². The summed E-state index contributed by atoms with van der Waals surface area (Å²) in [5.41, 5.74) is 0. The van der Waals surface area contributed by atoms with E-state index in [4.69, 9.17) is 18.5 Å². The summed E-state index contributed by atoms with van der Waals surface area (Å²) >= 11 is 0. The van der Waals surface area contributed by atoms with Crippen LogP contribution in [0.3, 0.4) is 0 Å². The fraction of sp³-hybridized carbons (Fsp3) is 0.980. The number of phosphoric acid groups is 1. The number of quaternary nitrogens is 1. The summed E-state index contributed by atoms with van der Waals surface area (Å²) in [6, 6.07) is 0. The molecule has 0 aliphatic heterocycles. The number of carbonyl (C=O) groups excluding carboxylic acids is 1. The van der Waals surface area contributed by atoms with Crippen molar-refractivity contribution in [1.82, 2.24) is 0 Å². The third-order valence-electron chi connectivity index (χ3n) is 11.9. The molecule has 0 aromatic rings. The van der Waals surface area contributed by atoms with Crippen molar-refractivity contribution in [3.63, 3.8) is 0 Å². The molecule has 0 aromatic heterocycles. The molecule has 0 bridgehead atoms. The molecule has 0 N–H and O–H groups in total. The van der Waals surface area contributed by atoms with Crippen molar-refractivity contribution in [3.05, 3.63) is 0 Å². The van der Waals surface area contributed by atoms with Gasteiger partial charge >= 0.3 is 5.97 Å². The number of rotatable bonds is 50. The Morgan fingerprint density at radius 1 is 0.450 bits per heavy atom. The largest absolute Gasteiger partial charge is 0.756 e. The molecule has 0 saturated heterocycles. The first-order valence-electron chi connectivity index (χ1n) is 26.3. The minimum Gasteiger partial charge on any atom is -0.756 e. The van der Waals surface area contributed by atoms with Crippen LogP contribution in [-0.4, -0.2) is 70.7 Å². The lowest BCUT2D eigenvalue weighted by Crippen LogP contribution is -2.37. The Labute approximate surface area is 374 Å². The van der Waals surface area contributed by atoms with E-state index in [0.717, 1.165) is 32.1 Å². The maximum absolute atomic E-state index is 12.7. The van der Waals surface area contributed by atoms with Crippen molar-refractivity contribution in [2.45, 2.75) is 270 Å². The molecule has 9 heteroatoms. The highest BCUT2D eigenvalue weighted by Gasteiger charge is 2.20. The second kappa shape index (κ2) is 45.1. The molecule has 0 radical (unpaired) electrons. The van der Waals surface area contributed by atoms with Crippen LogP contribution >= 0.6 is 7.82 Å². The Morgan fingerprint density at radius 2 is 0.767 bits per heavy atom. The maximum Gasteiger partial charge on any atom is 0.306 e. The third-order valence-corrected chi connectivity index (χ3v) is 12.9. The lowest BCUT2D eigenvalue weighted by molar-refractivity contribution is -0.870. The maximum atomic E-state index is 12.7. The van der Waals surface area contributed by atoms with Crippen molar-refractivity contribution >= 4 is 13.8 Å². The summed E-state index contributed by atoms with van der Waals surface area (Å²) in [4.78, 5) is 25.2. The van der Waals surface area contributed by atoms with Crippen LogP contribution in [-0.2, 0) is 27.9 Å². The van der Waals surface area contributed by atoms with Crippen LogP contribution in [0.5, 0.6) is 0 Å². The molecule has 0 aliphatic carbocycles. The van der Waals surface area contributed by atoms with E-state index in [1.165, 1.54) is 212 Å². The average Bonchev–Trinajstić information content (AvgIpc) is 3.20. The summed E-state index contributed by atoms with van der Waals surface area (Å²) < 4.78 is 34.8. The smallest absolute Gasteiger partial charge is 0.306 e. The van der Waals surface area contributed by atoms with Crippen LogP contribution in [0.4, 0.5) is 0 Å². The lowest BCUT2D eigenvalue weighted by atomic mass is 10.0. The Morgan fingerprint density at radius 3 is 1.10 bits per heavy atom. The number of nitrogens with zero attached hydrogens (tertiary/aromatic N) is 1. The molecule has 0 heterocycles. The van der Waals surface area contributed by atoms with Gasteiger partial charge < -0.3 is 27.9 Å². The van der Waals surface area contributed by atoms with E-state index in [1.807, 2.05) is 21.1 Å². The number of esters is 1. The molecule has 0 fully saturated rings. The molecule has 0 aromatic carbocycles. The van der Waals surface area contributed by atoms with E-state index in [9.17, 15) is 14.3 Å². The zero-order valence-electron chi connectivity index (χ0n) is 40.9. The van der Waals surface area contributed by atoms with Crippen molar-refractivity contribution in [3.8, 4) is 0 Å². The van der Waals surface area contributed by atoms with Crippen LogP contribution in [0.1, 0.15) is 264 Å². The molecule has 0 aliphatic rings. The van der Waals surface area contributed by atoms with E-state index in [0.29, 0.717) is 24.1 Å². The van der Waals surface area contributed by atoms with E-state index >= 15 is 0 Å². The highest BCUT2D eigenvalue weighted by molar-refractivity contribution is 7.45. The highest BCUT2D eigenvalue weighted by Crippen LogP contribution is 2.38. The van der Waals surface area contributed by atoms with Gasteiger partial charge in [0.15, 0.2) is 0 Å². The molecule has 2 unspecified atom stereocenters. The van der Waals surface area contributed by atoms with Crippen molar-refractivity contribution in [1.29, 1.82) is 0 Å². The molecule has 0 amide bonds. The predicted octanol–water partition coefficient (Wildman–Crippen LogP) is 15.4. The number of likely N-dealkylation sites (N-methyl/N-ethyl adjacent to an activating group) is 1. The number of hydrogen-bond donors (Lipinski definition) is 0. The zero-order chi connectivity index (χ0) is 44.1. The molecule has 60 heavy (non-hydrogen) atoms. The van der Waals surface area contributed by atoms with Crippen LogP contribution in [0, 0.1) is 0 Å². The van der Waals surface area contributed by atoms with Gasteiger partial charge in [-0.15, -0.1) is 0 Å².